The highest BCUT2D eigenvalue weighted by molar-refractivity contribution is 5.34. The predicted octanol–water partition coefficient (Wildman–Crippen LogP) is 2.86. The molecular weight excluding hydrogens is 222 g/mol. The Kier molecular flexibility index (Phi) is 3.79. The van der Waals surface area contributed by atoms with Gasteiger partial charge in [0.05, 0.1) is 18.6 Å². The molecule has 1 aliphatic rings. The van der Waals surface area contributed by atoms with E-state index in [-0.39, 0.29) is 10.8 Å². The molecule has 0 amide bonds. The van der Waals surface area contributed by atoms with E-state index < -0.39 is 0 Å². The zero-order valence-corrected chi connectivity index (χ0v) is 12.0. The lowest BCUT2D eigenvalue weighted by molar-refractivity contribution is -0.0588. The Morgan fingerprint density at radius 1 is 1.17 bits per heavy atom. The fraction of sp³-hybridized carbons (Fsp3) is 0.625. The second kappa shape index (κ2) is 5.02. The minimum atomic E-state index is 0.201. The van der Waals surface area contributed by atoms with Gasteiger partial charge in [0.1, 0.15) is 0 Å². The van der Waals surface area contributed by atoms with Gasteiger partial charge >= 0.3 is 0 Å². The highest BCUT2D eigenvalue weighted by Gasteiger charge is 2.39. The van der Waals surface area contributed by atoms with Crippen LogP contribution in [0.25, 0.3) is 0 Å². The molecule has 1 saturated heterocycles. The zero-order valence-electron chi connectivity index (χ0n) is 12.0. The molecule has 0 spiro atoms. The van der Waals surface area contributed by atoms with Crippen LogP contribution in [-0.2, 0) is 15.6 Å². The van der Waals surface area contributed by atoms with E-state index in [4.69, 9.17) is 4.74 Å². The molecule has 0 atom stereocenters. The van der Waals surface area contributed by atoms with Crippen LogP contribution in [0.5, 0.6) is 0 Å². The maximum atomic E-state index is 5.45. The summed E-state index contributed by atoms with van der Waals surface area (Å²) in [6, 6.07) is 9.09. The molecule has 0 aromatic heterocycles. The molecule has 2 heteroatoms. The van der Waals surface area contributed by atoms with E-state index in [0.29, 0.717) is 0 Å². The Labute approximate surface area is 111 Å². The highest BCUT2D eigenvalue weighted by atomic mass is 16.5. The van der Waals surface area contributed by atoms with E-state index in [9.17, 15) is 0 Å². The molecule has 0 aliphatic carbocycles. The maximum Gasteiger partial charge on any atom is 0.0598 e. The topological polar surface area (TPSA) is 21.3 Å². The number of hydrogen-bond acceptors (Lipinski definition) is 2. The van der Waals surface area contributed by atoms with Crippen LogP contribution in [0.4, 0.5) is 0 Å². The van der Waals surface area contributed by atoms with Crippen LogP contribution >= 0.6 is 0 Å². The van der Waals surface area contributed by atoms with E-state index in [0.717, 1.165) is 26.3 Å². The van der Waals surface area contributed by atoms with Crippen LogP contribution < -0.4 is 5.32 Å². The number of nitrogens with one attached hydrogen (secondary N) is 1. The van der Waals surface area contributed by atoms with E-state index in [1.54, 1.807) is 0 Å². The average Bonchev–Trinajstić information content (AvgIpc) is 2.27. The molecule has 1 fully saturated rings. The van der Waals surface area contributed by atoms with Crippen LogP contribution in [0.15, 0.2) is 24.3 Å². The van der Waals surface area contributed by atoms with Crippen molar-refractivity contribution in [1.82, 2.24) is 5.32 Å². The molecule has 18 heavy (non-hydrogen) atoms. The average molecular weight is 247 g/mol. The fourth-order valence-electron chi connectivity index (χ4n) is 2.41. The summed E-state index contributed by atoms with van der Waals surface area (Å²) in [5.74, 6) is 0. The largest absolute Gasteiger partial charge is 0.379 e. The van der Waals surface area contributed by atoms with Gasteiger partial charge in [0.15, 0.2) is 0 Å². The van der Waals surface area contributed by atoms with Gasteiger partial charge in [-0.2, -0.15) is 0 Å². The second-order valence-electron chi connectivity index (χ2n) is 6.38. The monoisotopic (exact) mass is 247 g/mol. The van der Waals surface area contributed by atoms with Gasteiger partial charge < -0.3 is 10.1 Å². The Bertz CT molecular complexity index is 385. The third-order valence-corrected chi connectivity index (χ3v) is 3.83. The van der Waals surface area contributed by atoms with E-state index in [1.807, 2.05) is 0 Å². The highest BCUT2D eigenvalue weighted by Crippen LogP contribution is 2.33. The maximum absolute atomic E-state index is 5.45. The lowest BCUT2D eigenvalue weighted by Gasteiger charge is -2.42. The molecular formula is C16H25NO. The molecule has 2 rings (SSSR count). The van der Waals surface area contributed by atoms with E-state index >= 15 is 0 Å². The quantitative estimate of drug-likeness (QED) is 0.883. The SMILES string of the molecule is CCNCC1(c2ccc(C(C)(C)C)cc2)COC1. The number of ether oxygens (including phenoxy) is 1. The summed E-state index contributed by atoms with van der Waals surface area (Å²) in [5, 5.41) is 3.45. The van der Waals surface area contributed by atoms with Gasteiger partial charge in [-0.15, -0.1) is 0 Å². The summed E-state index contributed by atoms with van der Waals surface area (Å²) in [5.41, 5.74) is 3.23. The van der Waals surface area contributed by atoms with Crippen molar-refractivity contribution < 1.29 is 4.74 Å². The molecule has 2 nitrogen and oxygen atoms in total. The summed E-state index contributed by atoms with van der Waals surface area (Å²) >= 11 is 0. The van der Waals surface area contributed by atoms with Gasteiger partial charge in [-0.25, -0.2) is 0 Å². The molecule has 1 aromatic carbocycles. The zero-order chi connectivity index (χ0) is 13.2. The summed E-state index contributed by atoms with van der Waals surface area (Å²) < 4.78 is 5.45. The number of benzene rings is 1. The van der Waals surface area contributed by atoms with Gasteiger partial charge in [0.25, 0.3) is 0 Å². The Hall–Kier alpha value is -0.860. The van der Waals surface area contributed by atoms with Crippen LogP contribution in [-0.4, -0.2) is 26.3 Å². The van der Waals surface area contributed by atoms with E-state index in [1.165, 1.54) is 11.1 Å². The molecule has 1 N–H and O–H groups in total. The Morgan fingerprint density at radius 2 is 1.78 bits per heavy atom. The van der Waals surface area contributed by atoms with Crippen molar-refractivity contribution in [3.63, 3.8) is 0 Å². The standard InChI is InChI=1S/C16H25NO/c1-5-17-10-16(11-18-12-16)14-8-6-13(7-9-14)15(2,3)4/h6-9,17H,5,10-12H2,1-4H3. The first-order chi connectivity index (χ1) is 8.48. The summed E-state index contributed by atoms with van der Waals surface area (Å²) in [7, 11) is 0. The minimum Gasteiger partial charge on any atom is -0.379 e. The van der Waals surface area contributed by atoms with Crippen molar-refractivity contribution in [3.8, 4) is 0 Å². The number of hydrogen-bond donors (Lipinski definition) is 1. The van der Waals surface area contributed by atoms with Crippen LogP contribution in [0.3, 0.4) is 0 Å². The second-order valence-corrected chi connectivity index (χ2v) is 6.38. The molecule has 100 valence electrons. The van der Waals surface area contributed by atoms with Crippen molar-refractivity contribution in [3.05, 3.63) is 35.4 Å². The Morgan fingerprint density at radius 3 is 2.17 bits per heavy atom. The summed E-state index contributed by atoms with van der Waals surface area (Å²) in [4.78, 5) is 0. The van der Waals surface area contributed by atoms with Crippen molar-refractivity contribution >= 4 is 0 Å². The van der Waals surface area contributed by atoms with Crippen LogP contribution in [0.2, 0.25) is 0 Å². The van der Waals surface area contributed by atoms with Gasteiger partial charge in [0, 0.05) is 6.54 Å². The fourth-order valence-corrected chi connectivity index (χ4v) is 2.41. The minimum absolute atomic E-state index is 0.201. The molecule has 1 heterocycles. The van der Waals surface area contributed by atoms with Crippen molar-refractivity contribution in [2.24, 2.45) is 0 Å². The molecule has 1 aliphatic heterocycles. The van der Waals surface area contributed by atoms with Gasteiger partial charge in [0.2, 0.25) is 0 Å². The van der Waals surface area contributed by atoms with E-state index in [2.05, 4.69) is 57.3 Å². The van der Waals surface area contributed by atoms with Gasteiger partial charge in [-0.1, -0.05) is 52.0 Å². The molecule has 0 bridgehead atoms. The lowest BCUT2D eigenvalue weighted by atomic mass is 9.77. The first kappa shape index (κ1) is 13.6. The molecule has 0 unspecified atom stereocenters. The normalized spacial score (nSPS) is 18.4. The number of rotatable bonds is 4. The van der Waals surface area contributed by atoms with Crippen LogP contribution in [0.1, 0.15) is 38.8 Å². The predicted molar refractivity (Wildman–Crippen MR) is 76.2 cm³/mol. The first-order valence-electron chi connectivity index (χ1n) is 6.87. The third-order valence-electron chi connectivity index (χ3n) is 3.83. The van der Waals surface area contributed by atoms with Gasteiger partial charge in [-0.05, 0) is 23.1 Å². The molecule has 0 saturated carbocycles. The van der Waals surface area contributed by atoms with Gasteiger partial charge in [-0.3, -0.25) is 0 Å². The smallest absolute Gasteiger partial charge is 0.0598 e. The molecule has 0 radical (unpaired) electrons. The first-order valence-corrected chi connectivity index (χ1v) is 6.87. The molecule has 1 aromatic rings. The summed E-state index contributed by atoms with van der Waals surface area (Å²) in [6.45, 7) is 12.6. The Balaban J connectivity index is 2.17. The number of likely N-dealkylation sites (N-methyl/N-ethyl adjacent to an activating group) is 1. The van der Waals surface area contributed by atoms with Crippen LogP contribution in [0, 0.1) is 0 Å². The van der Waals surface area contributed by atoms with Crippen molar-refractivity contribution in [2.75, 3.05) is 26.3 Å². The summed E-state index contributed by atoms with van der Waals surface area (Å²) in [6.07, 6.45) is 0. The third kappa shape index (κ3) is 2.60. The van der Waals surface area contributed by atoms with Crippen molar-refractivity contribution in [2.45, 2.75) is 38.5 Å². The lowest BCUT2D eigenvalue weighted by Crippen LogP contribution is -2.53. The van der Waals surface area contributed by atoms with Crippen molar-refractivity contribution in [1.29, 1.82) is 0 Å².